The molecule has 2 aromatic rings. The monoisotopic (exact) mass is 582 g/mol. The molecule has 184 valence electrons. The van der Waals surface area contributed by atoms with Crippen molar-refractivity contribution < 1.29 is 28.7 Å². The van der Waals surface area contributed by atoms with Gasteiger partial charge < -0.3 is 19.6 Å². The molecule has 0 fully saturated rings. The zero-order chi connectivity index (χ0) is 25.9. The maximum absolute atomic E-state index is 11.3. The topological polar surface area (TPSA) is 136 Å². The number of hydrogen-bond acceptors (Lipinski definition) is 8. The molecule has 33 heavy (non-hydrogen) atoms. The van der Waals surface area contributed by atoms with E-state index >= 15 is 0 Å². The van der Waals surface area contributed by atoms with E-state index in [4.69, 9.17) is 27.9 Å². The molecule has 9 nitrogen and oxygen atoms in total. The van der Waals surface area contributed by atoms with Crippen LogP contribution in [0.25, 0.3) is 0 Å². The lowest BCUT2D eigenvalue weighted by atomic mass is 10.2. The highest BCUT2D eigenvalue weighted by Gasteiger charge is 2.16. The molecule has 0 spiro atoms. The summed E-state index contributed by atoms with van der Waals surface area (Å²) in [6.45, 7) is 7.03. The van der Waals surface area contributed by atoms with Gasteiger partial charge in [-0.2, -0.15) is 0 Å². The van der Waals surface area contributed by atoms with E-state index in [1.165, 1.54) is 13.1 Å². The van der Waals surface area contributed by atoms with Crippen LogP contribution in [0.5, 0.6) is 5.75 Å². The fourth-order valence-corrected chi connectivity index (χ4v) is 2.31. The molecule has 0 aliphatic carbocycles. The van der Waals surface area contributed by atoms with Gasteiger partial charge in [0.15, 0.2) is 0 Å². The van der Waals surface area contributed by atoms with Gasteiger partial charge in [-0.3, -0.25) is 9.36 Å². The Bertz CT molecular complexity index is 1080. The number of aromatic hydroxyl groups is 1. The minimum absolute atomic E-state index is 0.0241. The van der Waals surface area contributed by atoms with Crippen molar-refractivity contribution in [2.75, 3.05) is 13.2 Å². The molecule has 15 heteroatoms. The third-order valence-corrected chi connectivity index (χ3v) is 4.34. The number of pyridine rings is 2. The maximum atomic E-state index is 11.3. The van der Waals surface area contributed by atoms with Crippen molar-refractivity contribution in [1.82, 2.24) is 9.97 Å². The number of halogens is 5. The molecule has 0 bridgehead atoms. The smallest absolute Gasteiger partial charge is 0.343 e. The fraction of sp³-hybridized carbons (Fsp3) is 0.333. The van der Waals surface area contributed by atoms with Gasteiger partial charge in [-0.25, -0.2) is 14.6 Å². The first-order valence-corrected chi connectivity index (χ1v) is 14.1. The van der Waals surface area contributed by atoms with Crippen molar-refractivity contribution in [3.8, 4) is 5.75 Å². The first kappa shape index (κ1) is 31.5. The molecule has 0 aliphatic heterocycles. The lowest BCUT2D eigenvalue weighted by Crippen LogP contribution is -2.14. The summed E-state index contributed by atoms with van der Waals surface area (Å²) in [5.74, 6) is -1.46. The fourth-order valence-electron chi connectivity index (χ4n) is 1.91. The van der Waals surface area contributed by atoms with E-state index in [2.05, 4.69) is 48.4 Å². The van der Waals surface area contributed by atoms with E-state index in [1.807, 2.05) is 0 Å². The van der Waals surface area contributed by atoms with Gasteiger partial charge in [0.25, 0.3) is 5.56 Å². The van der Waals surface area contributed by atoms with E-state index in [0.717, 1.165) is 6.20 Å². The molecule has 0 amide bonds. The minimum atomic E-state index is -3.22. The summed E-state index contributed by atoms with van der Waals surface area (Å²) in [6.07, 6.45) is 2.46. The molecule has 2 heterocycles. The van der Waals surface area contributed by atoms with E-state index in [1.54, 1.807) is 20.8 Å². The summed E-state index contributed by atoms with van der Waals surface area (Å²) in [7, 11) is 0. The number of hydrogen-bond donors (Lipinski definition) is 2. The van der Waals surface area contributed by atoms with Gasteiger partial charge in [0, 0.05) is 18.0 Å². The largest absolute Gasteiger partial charge is 0.507 e. The van der Waals surface area contributed by atoms with Crippen LogP contribution in [0, 0.1) is 13.8 Å². The molecule has 2 rings (SSSR count). The Morgan fingerprint density at radius 3 is 1.94 bits per heavy atom. The highest BCUT2D eigenvalue weighted by molar-refractivity contribution is 8.24. The Balaban J connectivity index is 0.000000517. The first-order chi connectivity index (χ1) is 15.1. The summed E-state index contributed by atoms with van der Waals surface area (Å²) in [6, 6.07) is 0. The van der Waals surface area contributed by atoms with Crippen LogP contribution in [0.4, 0.5) is 0 Å². The standard InChI is InChI=1S/C9H9Cl2NO2.C9H11NO4.Cl3OP/c1-3-14-9(13)6-4-12-8(11)5(2)7(6)10;1-3-14-9(13)6-4-10-8(12)5(2)7(6)11;1-5(2,3)4/h4H,3H2,1-2H3;4H,3H2,1-2H3,(H2,10,11,12);. The van der Waals surface area contributed by atoms with Crippen molar-refractivity contribution in [1.29, 1.82) is 0 Å². The molecular formula is C18H20Cl5N2O7P. The number of aromatic nitrogens is 2. The molecule has 0 aliphatic rings. The third kappa shape index (κ3) is 11.5. The molecule has 0 unspecified atom stereocenters. The molecular weight excluding hydrogens is 564 g/mol. The second-order valence-corrected chi connectivity index (χ2v) is 13.1. The first-order valence-electron chi connectivity index (χ1n) is 8.90. The number of rotatable bonds is 4. The van der Waals surface area contributed by atoms with Gasteiger partial charge in [-0.15, -0.1) is 0 Å². The summed E-state index contributed by atoms with van der Waals surface area (Å²) in [5, 5.41) is 6.82. The second-order valence-electron chi connectivity index (χ2n) is 5.75. The van der Waals surface area contributed by atoms with Crippen molar-refractivity contribution in [3.63, 3.8) is 0 Å². The van der Waals surface area contributed by atoms with Gasteiger partial charge >= 0.3 is 17.1 Å². The maximum Gasteiger partial charge on any atom is 0.343 e. The highest BCUT2D eigenvalue weighted by atomic mass is 36.0. The van der Waals surface area contributed by atoms with Gasteiger partial charge in [-0.05, 0) is 61.4 Å². The number of nitrogens with one attached hydrogen (secondary N) is 1. The predicted octanol–water partition coefficient (Wildman–Crippen LogP) is 6.25. The Hall–Kier alpha value is -1.48. The Kier molecular flexibility index (Phi) is 14.1. The van der Waals surface area contributed by atoms with Gasteiger partial charge in [-0.1, -0.05) is 23.2 Å². The van der Waals surface area contributed by atoms with Crippen LogP contribution in [0.3, 0.4) is 0 Å². The average Bonchev–Trinajstić information content (AvgIpc) is 2.70. The molecule has 0 saturated heterocycles. The van der Waals surface area contributed by atoms with Gasteiger partial charge in [0.2, 0.25) is 0 Å². The van der Waals surface area contributed by atoms with E-state index in [0.29, 0.717) is 22.3 Å². The van der Waals surface area contributed by atoms with Crippen LogP contribution < -0.4 is 5.56 Å². The van der Waals surface area contributed by atoms with Crippen LogP contribution in [-0.4, -0.2) is 40.2 Å². The Morgan fingerprint density at radius 1 is 1.03 bits per heavy atom. The van der Waals surface area contributed by atoms with Crippen molar-refractivity contribution in [3.05, 3.63) is 55.2 Å². The number of ether oxygens (including phenoxy) is 2. The second kappa shape index (κ2) is 14.7. The third-order valence-electron chi connectivity index (χ3n) is 3.47. The molecule has 0 radical (unpaired) electrons. The zero-order valence-electron chi connectivity index (χ0n) is 17.7. The molecule has 2 aromatic heterocycles. The average molecular weight is 585 g/mol. The number of nitrogens with zero attached hydrogens (tertiary/aromatic N) is 1. The molecule has 0 atom stereocenters. The van der Waals surface area contributed by atoms with Crippen LogP contribution in [0.2, 0.25) is 10.2 Å². The lowest BCUT2D eigenvalue weighted by molar-refractivity contribution is 0.0514. The predicted molar refractivity (Wildman–Crippen MR) is 130 cm³/mol. The number of H-pyrrole nitrogens is 1. The normalized spacial score (nSPS) is 10.2. The summed E-state index contributed by atoms with van der Waals surface area (Å²) >= 11 is 25.5. The van der Waals surface area contributed by atoms with Crippen molar-refractivity contribution >= 4 is 74.1 Å². The van der Waals surface area contributed by atoms with E-state index in [-0.39, 0.29) is 29.0 Å². The zero-order valence-corrected chi connectivity index (χ0v) is 22.4. The minimum Gasteiger partial charge on any atom is -0.507 e. The molecule has 0 aromatic carbocycles. The molecule has 2 N–H and O–H groups in total. The van der Waals surface area contributed by atoms with Crippen LogP contribution in [0.1, 0.15) is 45.7 Å². The number of aromatic amines is 1. The quantitative estimate of drug-likeness (QED) is 0.245. The van der Waals surface area contributed by atoms with Gasteiger partial charge in [0.1, 0.15) is 16.5 Å². The Labute approximate surface area is 214 Å². The summed E-state index contributed by atoms with van der Waals surface area (Å²) < 4.78 is 19.0. The van der Waals surface area contributed by atoms with Crippen molar-refractivity contribution in [2.45, 2.75) is 27.7 Å². The highest BCUT2D eigenvalue weighted by Crippen LogP contribution is 2.61. The van der Waals surface area contributed by atoms with Crippen molar-refractivity contribution in [2.24, 2.45) is 0 Å². The lowest BCUT2D eigenvalue weighted by Gasteiger charge is -2.06. The van der Waals surface area contributed by atoms with E-state index in [9.17, 15) is 24.1 Å². The number of esters is 2. The SMILES string of the molecule is CCOC(=O)c1c[nH]c(=O)c(C)c1O.CCOC(=O)c1cnc(Cl)c(C)c1Cl.O=P(Cl)(Cl)Cl. The summed E-state index contributed by atoms with van der Waals surface area (Å²) in [5.41, 5.74) is 0.490. The van der Waals surface area contributed by atoms with Crippen LogP contribution in [-0.2, 0) is 14.0 Å². The Morgan fingerprint density at radius 2 is 1.48 bits per heavy atom. The number of carbonyl (C=O) groups is 2. The van der Waals surface area contributed by atoms with Gasteiger partial charge in [0.05, 0.1) is 29.4 Å². The molecule has 0 saturated carbocycles. The van der Waals surface area contributed by atoms with E-state index < -0.39 is 22.7 Å². The number of carbonyl (C=O) groups excluding carboxylic acids is 2. The summed E-state index contributed by atoms with van der Waals surface area (Å²) in [4.78, 5) is 39.7. The van der Waals surface area contributed by atoms with Crippen LogP contribution in [0.15, 0.2) is 17.2 Å². The van der Waals surface area contributed by atoms with Crippen LogP contribution >= 0.6 is 62.1 Å².